The molecule has 0 atom stereocenters. The Morgan fingerprint density at radius 3 is 2.39 bits per heavy atom. The number of hydrogen-bond acceptors (Lipinski definition) is 6. The number of nitrogens with two attached hydrogens (primary N) is 1. The number of primary sulfonamides is 1. The van der Waals surface area contributed by atoms with Crippen molar-refractivity contribution in [2.24, 2.45) is 11.1 Å². The zero-order valence-corrected chi connectivity index (χ0v) is 19.5. The predicted octanol–water partition coefficient (Wildman–Crippen LogP) is 2.96. The number of fused-ring (bicyclic) bond motifs is 1. The average Bonchev–Trinajstić information content (AvgIpc) is 2.77. The van der Waals surface area contributed by atoms with Crippen molar-refractivity contribution in [3.05, 3.63) is 54.4 Å². The Balaban J connectivity index is 1.53. The molecule has 0 radical (unpaired) electrons. The van der Waals surface area contributed by atoms with Crippen LogP contribution in [0.2, 0.25) is 0 Å². The molecule has 33 heavy (non-hydrogen) atoms. The number of carbonyl (C=O) groups excluding carboxylic acids is 1. The monoisotopic (exact) mass is 468 g/mol. The van der Waals surface area contributed by atoms with E-state index in [1.54, 1.807) is 41.3 Å². The molecule has 0 spiro atoms. The lowest BCUT2D eigenvalue weighted by atomic mass is 9.84. The fraction of sp³-hybridized carbons (Fsp3) is 0.375. The third kappa shape index (κ3) is 5.05. The first-order chi connectivity index (χ1) is 15.6. The molecule has 0 bridgehead atoms. The first-order valence-corrected chi connectivity index (χ1v) is 12.5. The van der Waals surface area contributed by atoms with Gasteiger partial charge in [-0.05, 0) is 49.4 Å². The fourth-order valence-electron chi connectivity index (χ4n) is 4.44. The van der Waals surface area contributed by atoms with Gasteiger partial charge in [-0.1, -0.05) is 26.0 Å². The zero-order valence-electron chi connectivity index (χ0n) is 18.7. The standard InChI is InChI=1S/C24H28N4O4S/c1-16(2)13-24(30)9-11-28(12-10-24)23(29)18-5-3-17(4-6-18)20-8-7-19-14-26-15-21(22(19)27-20)33(25,31)32/h3-8,14-16,30H,9-13H2,1-2H3,(H2,25,31,32). The summed E-state index contributed by atoms with van der Waals surface area (Å²) in [6.07, 6.45) is 4.63. The highest BCUT2D eigenvalue weighted by atomic mass is 32.2. The van der Waals surface area contributed by atoms with Crippen LogP contribution in [0.15, 0.2) is 53.7 Å². The summed E-state index contributed by atoms with van der Waals surface area (Å²) >= 11 is 0. The molecule has 0 saturated carbocycles. The Kier molecular flexibility index (Phi) is 6.22. The van der Waals surface area contributed by atoms with Gasteiger partial charge in [0, 0.05) is 42.0 Å². The molecular formula is C24H28N4O4S. The highest BCUT2D eigenvalue weighted by molar-refractivity contribution is 7.89. The number of piperidine rings is 1. The minimum Gasteiger partial charge on any atom is -0.390 e. The van der Waals surface area contributed by atoms with Crippen molar-refractivity contribution in [3.8, 4) is 11.3 Å². The smallest absolute Gasteiger partial charge is 0.253 e. The number of aliphatic hydroxyl groups is 1. The highest BCUT2D eigenvalue weighted by Gasteiger charge is 2.34. The van der Waals surface area contributed by atoms with Gasteiger partial charge in [0.15, 0.2) is 0 Å². The maximum atomic E-state index is 13.0. The lowest BCUT2D eigenvalue weighted by molar-refractivity contribution is -0.0311. The molecule has 1 amide bonds. The average molecular weight is 469 g/mol. The van der Waals surface area contributed by atoms with Crippen LogP contribution in [0, 0.1) is 5.92 Å². The van der Waals surface area contributed by atoms with Crippen molar-refractivity contribution >= 4 is 26.8 Å². The summed E-state index contributed by atoms with van der Waals surface area (Å²) in [4.78, 5) is 23.0. The van der Waals surface area contributed by atoms with E-state index in [9.17, 15) is 18.3 Å². The fourth-order valence-corrected chi connectivity index (χ4v) is 5.08. The molecule has 1 aromatic carbocycles. The second kappa shape index (κ2) is 8.81. The number of rotatable bonds is 5. The summed E-state index contributed by atoms with van der Waals surface area (Å²) < 4.78 is 23.8. The SMILES string of the molecule is CC(C)CC1(O)CCN(C(=O)c2ccc(-c3ccc4cncc(S(N)(=O)=O)c4n3)cc2)CC1. The number of hydrogen-bond donors (Lipinski definition) is 2. The van der Waals surface area contributed by atoms with Crippen LogP contribution >= 0.6 is 0 Å². The molecule has 4 rings (SSSR count). The number of sulfonamides is 1. The Hall–Kier alpha value is -2.88. The number of nitrogens with zero attached hydrogens (tertiary/aromatic N) is 3. The van der Waals surface area contributed by atoms with Crippen LogP contribution in [0.5, 0.6) is 0 Å². The van der Waals surface area contributed by atoms with Crippen LogP contribution in [0.4, 0.5) is 0 Å². The van der Waals surface area contributed by atoms with E-state index in [2.05, 4.69) is 23.8 Å². The second-order valence-electron chi connectivity index (χ2n) is 9.14. The van der Waals surface area contributed by atoms with Crippen molar-refractivity contribution in [2.45, 2.75) is 43.6 Å². The number of aromatic nitrogens is 2. The second-order valence-corrected chi connectivity index (χ2v) is 10.7. The van der Waals surface area contributed by atoms with E-state index < -0.39 is 15.6 Å². The Labute approximate surface area is 193 Å². The van der Waals surface area contributed by atoms with Crippen molar-refractivity contribution in [2.75, 3.05) is 13.1 Å². The van der Waals surface area contributed by atoms with Gasteiger partial charge in [0.05, 0.1) is 16.8 Å². The van der Waals surface area contributed by atoms with Crippen LogP contribution in [-0.4, -0.2) is 53.0 Å². The highest BCUT2D eigenvalue weighted by Crippen LogP contribution is 2.30. The lowest BCUT2D eigenvalue weighted by Crippen LogP contribution is -2.47. The molecule has 0 unspecified atom stereocenters. The Morgan fingerprint density at radius 2 is 1.79 bits per heavy atom. The Morgan fingerprint density at radius 1 is 1.12 bits per heavy atom. The molecule has 1 aliphatic rings. The molecule has 9 heteroatoms. The van der Waals surface area contributed by atoms with Crippen molar-refractivity contribution in [3.63, 3.8) is 0 Å². The largest absolute Gasteiger partial charge is 0.390 e. The van der Waals surface area contributed by atoms with Crippen LogP contribution in [-0.2, 0) is 10.0 Å². The van der Waals surface area contributed by atoms with Gasteiger partial charge >= 0.3 is 0 Å². The van der Waals surface area contributed by atoms with Gasteiger partial charge in [-0.3, -0.25) is 9.78 Å². The van der Waals surface area contributed by atoms with E-state index >= 15 is 0 Å². The third-order valence-electron chi connectivity index (χ3n) is 6.07. The quantitative estimate of drug-likeness (QED) is 0.593. The molecule has 174 valence electrons. The van der Waals surface area contributed by atoms with Crippen LogP contribution in [0.1, 0.15) is 43.5 Å². The van der Waals surface area contributed by atoms with Crippen molar-refractivity contribution < 1.29 is 18.3 Å². The van der Waals surface area contributed by atoms with E-state index in [4.69, 9.17) is 5.14 Å². The van der Waals surface area contributed by atoms with Gasteiger partial charge in [0.2, 0.25) is 10.0 Å². The minimum absolute atomic E-state index is 0.0674. The summed E-state index contributed by atoms with van der Waals surface area (Å²) in [7, 11) is -3.97. The number of benzene rings is 1. The summed E-state index contributed by atoms with van der Waals surface area (Å²) in [5.41, 5.74) is 1.43. The first-order valence-electron chi connectivity index (χ1n) is 11.0. The van der Waals surface area contributed by atoms with Crippen LogP contribution in [0.25, 0.3) is 22.2 Å². The summed E-state index contributed by atoms with van der Waals surface area (Å²) in [5, 5.41) is 16.6. The molecule has 1 saturated heterocycles. The molecule has 1 aliphatic heterocycles. The van der Waals surface area contributed by atoms with Crippen molar-refractivity contribution in [1.82, 2.24) is 14.9 Å². The number of carbonyl (C=O) groups is 1. The summed E-state index contributed by atoms with van der Waals surface area (Å²) in [6, 6.07) is 10.6. The molecular weight excluding hydrogens is 440 g/mol. The predicted molar refractivity (Wildman–Crippen MR) is 126 cm³/mol. The number of likely N-dealkylation sites (tertiary alicyclic amines) is 1. The van der Waals surface area contributed by atoms with Gasteiger partial charge in [-0.2, -0.15) is 0 Å². The maximum Gasteiger partial charge on any atom is 0.253 e. The molecule has 3 heterocycles. The lowest BCUT2D eigenvalue weighted by Gasteiger charge is -2.39. The van der Waals surface area contributed by atoms with Crippen LogP contribution in [0.3, 0.4) is 0 Å². The number of amides is 1. The van der Waals surface area contributed by atoms with E-state index in [1.165, 1.54) is 12.4 Å². The molecule has 3 aromatic rings. The number of pyridine rings is 2. The zero-order chi connectivity index (χ0) is 23.8. The molecule has 0 aliphatic carbocycles. The minimum atomic E-state index is -3.97. The van der Waals surface area contributed by atoms with Crippen LogP contribution < -0.4 is 5.14 Å². The Bertz CT molecular complexity index is 1280. The van der Waals surface area contributed by atoms with E-state index in [0.717, 1.165) is 12.0 Å². The van der Waals surface area contributed by atoms with Gasteiger partial charge in [-0.25, -0.2) is 18.5 Å². The first kappa shape index (κ1) is 23.3. The normalized spacial score (nSPS) is 16.3. The van der Waals surface area contributed by atoms with E-state index in [0.29, 0.717) is 48.5 Å². The molecule has 3 N–H and O–H groups in total. The summed E-state index contributed by atoms with van der Waals surface area (Å²) in [5.74, 6) is 0.341. The molecule has 2 aromatic heterocycles. The summed E-state index contributed by atoms with van der Waals surface area (Å²) in [6.45, 7) is 5.24. The molecule has 1 fully saturated rings. The van der Waals surface area contributed by atoms with Gasteiger partial charge in [0.25, 0.3) is 5.91 Å². The van der Waals surface area contributed by atoms with Crippen molar-refractivity contribution in [1.29, 1.82) is 0 Å². The van der Waals surface area contributed by atoms with Gasteiger partial charge in [0.1, 0.15) is 4.90 Å². The van der Waals surface area contributed by atoms with E-state index in [-0.39, 0.29) is 16.3 Å². The maximum absolute atomic E-state index is 13.0. The molecule has 8 nitrogen and oxygen atoms in total. The van der Waals surface area contributed by atoms with Gasteiger partial charge < -0.3 is 10.0 Å². The van der Waals surface area contributed by atoms with Gasteiger partial charge in [-0.15, -0.1) is 0 Å². The topological polar surface area (TPSA) is 126 Å². The van der Waals surface area contributed by atoms with E-state index in [1.807, 2.05) is 0 Å². The third-order valence-corrected chi connectivity index (χ3v) is 6.98.